The van der Waals surface area contributed by atoms with Gasteiger partial charge in [-0.25, -0.2) is 0 Å². The molecule has 2 fully saturated rings. The normalized spacial score (nSPS) is 26.0. The van der Waals surface area contributed by atoms with E-state index in [-0.39, 0.29) is 11.6 Å². The summed E-state index contributed by atoms with van der Waals surface area (Å²) in [5.74, 6) is 2.73. The summed E-state index contributed by atoms with van der Waals surface area (Å²) in [4.78, 5) is 7.22. The van der Waals surface area contributed by atoms with Crippen LogP contribution in [0.15, 0.2) is 23.2 Å². The van der Waals surface area contributed by atoms with Crippen LogP contribution in [0, 0.1) is 0 Å². The number of hydrogen-bond donors (Lipinski definition) is 2. The number of morpholine rings is 1. The summed E-state index contributed by atoms with van der Waals surface area (Å²) < 4.78 is 5.51. The zero-order chi connectivity index (χ0) is 18.6. The summed E-state index contributed by atoms with van der Waals surface area (Å²) in [6.07, 6.45) is 1.15. The molecule has 1 aromatic carbocycles. The molecule has 0 bridgehead atoms. The summed E-state index contributed by atoms with van der Waals surface area (Å²) in [6.45, 7) is 6.27. The van der Waals surface area contributed by atoms with E-state index < -0.39 is 0 Å². The Bertz CT molecular complexity index is 646. The summed E-state index contributed by atoms with van der Waals surface area (Å²) in [6, 6.07) is 5.45. The Morgan fingerprint density at radius 2 is 2.19 bits per heavy atom. The smallest absolute Gasteiger partial charge is 0.189 e. The van der Waals surface area contributed by atoms with E-state index in [0.717, 1.165) is 44.0 Å². The van der Waals surface area contributed by atoms with Crippen molar-refractivity contribution in [3.05, 3.63) is 33.8 Å². The molecule has 0 aromatic heterocycles. The van der Waals surface area contributed by atoms with Crippen molar-refractivity contribution in [3.8, 4) is 0 Å². The highest BCUT2D eigenvalue weighted by atomic mass is 35.5. The van der Waals surface area contributed by atoms with Gasteiger partial charge in [0.2, 0.25) is 0 Å². The van der Waals surface area contributed by atoms with Crippen LogP contribution < -0.4 is 11.1 Å². The van der Waals surface area contributed by atoms with Crippen molar-refractivity contribution in [3.63, 3.8) is 0 Å². The summed E-state index contributed by atoms with van der Waals surface area (Å²) in [5.41, 5.74) is 7.23. The lowest BCUT2D eigenvalue weighted by molar-refractivity contribution is -0.0104. The number of rotatable bonds is 5. The van der Waals surface area contributed by atoms with E-state index in [2.05, 4.69) is 15.2 Å². The maximum absolute atomic E-state index is 6.29. The maximum Gasteiger partial charge on any atom is 0.189 e. The van der Waals surface area contributed by atoms with Gasteiger partial charge in [-0.05, 0) is 36.8 Å². The predicted octanol–water partition coefficient (Wildman–Crippen LogP) is 3.17. The molecule has 1 aromatic rings. The Morgan fingerprint density at radius 3 is 2.85 bits per heavy atom. The van der Waals surface area contributed by atoms with Crippen molar-refractivity contribution < 1.29 is 4.74 Å². The molecule has 0 amide bonds. The van der Waals surface area contributed by atoms with E-state index in [1.807, 2.05) is 30.8 Å². The van der Waals surface area contributed by atoms with Gasteiger partial charge in [-0.1, -0.05) is 29.3 Å². The second kappa shape index (κ2) is 9.02. The first-order chi connectivity index (χ1) is 12.5. The molecule has 2 heterocycles. The van der Waals surface area contributed by atoms with Gasteiger partial charge in [0, 0.05) is 28.9 Å². The lowest BCUT2D eigenvalue weighted by atomic mass is 9.96. The molecule has 0 saturated carbocycles. The van der Waals surface area contributed by atoms with Crippen molar-refractivity contribution in [1.29, 1.82) is 0 Å². The molecule has 3 N–H and O–H groups in total. The number of nitrogens with zero attached hydrogens (tertiary/aromatic N) is 2. The van der Waals surface area contributed by atoms with Gasteiger partial charge in [-0.15, -0.1) is 0 Å². The fourth-order valence-electron chi connectivity index (χ4n) is 3.54. The number of guanidine groups is 1. The third-order valence-electron chi connectivity index (χ3n) is 5.10. The van der Waals surface area contributed by atoms with Crippen LogP contribution in [0.4, 0.5) is 0 Å². The van der Waals surface area contributed by atoms with Crippen LogP contribution in [0.2, 0.25) is 10.0 Å². The molecule has 2 unspecified atom stereocenters. The van der Waals surface area contributed by atoms with Crippen molar-refractivity contribution in [2.75, 3.05) is 44.4 Å². The van der Waals surface area contributed by atoms with Crippen LogP contribution >= 0.6 is 35.0 Å². The standard InChI is InChI=1S/C18H26Cl2N4OS/c1-13(15-3-2-14(19)10-16(15)20)23-17(21)22-11-18(4-9-26-12-18)24-5-7-25-8-6-24/h2-3,10,13H,4-9,11-12H2,1H3,(H3,21,22,23). The first-order valence-corrected chi connectivity index (χ1v) is 10.8. The highest BCUT2D eigenvalue weighted by Crippen LogP contribution is 2.34. The first kappa shape index (κ1) is 20.1. The third kappa shape index (κ3) is 4.78. The lowest BCUT2D eigenvalue weighted by Crippen LogP contribution is -2.56. The molecular weight excluding hydrogens is 391 g/mol. The highest BCUT2D eigenvalue weighted by Gasteiger charge is 2.40. The van der Waals surface area contributed by atoms with Crippen LogP contribution in [-0.2, 0) is 4.74 Å². The fraction of sp³-hybridized carbons (Fsp3) is 0.611. The van der Waals surface area contributed by atoms with Crippen molar-refractivity contribution >= 4 is 40.9 Å². The van der Waals surface area contributed by atoms with E-state index in [1.165, 1.54) is 5.75 Å². The zero-order valence-electron chi connectivity index (χ0n) is 15.0. The molecule has 2 aliphatic heterocycles. The molecule has 144 valence electrons. The van der Waals surface area contributed by atoms with E-state index in [9.17, 15) is 0 Å². The molecule has 0 aliphatic carbocycles. The van der Waals surface area contributed by atoms with Gasteiger partial charge in [0.25, 0.3) is 0 Å². The molecule has 26 heavy (non-hydrogen) atoms. The highest BCUT2D eigenvalue weighted by molar-refractivity contribution is 7.99. The average Bonchev–Trinajstić information content (AvgIpc) is 3.11. The second-order valence-corrected chi connectivity index (χ2v) is 8.81. The number of benzene rings is 1. The fourth-order valence-corrected chi connectivity index (χ4v) is 5.58. The van der Waals surface area contributed by atoms with Crippen LogP contribution in [-0.4, -0.2) is 60.8 Å². The molecule has 2 atom stereocenters. The Labute approximate surface area is 169 Å². The molecule has 0 radical (unpaired) electrons. The van der Waals surface area contributed by atoms with Crippen LogP contribution in [0.1, 0.15) is 24.9 Å². The third-order valence-corrected chi connectivity index (χ3v) is 6.90. The van der Waals surface area contributed by atoms with Gasteiger partial charge in [-0.3, -0.25) is 9.89 Å². The predicted molar refractivity (Wildman–Crippen MR) is 112 cm³/mol. The minimum Gasteiger partial charge on any atom is -0.379 e. The monoisotopic (exact) mass is 416 g/mol. The van der Waals surface area contributed by atoms with Gasteiger partial charge in [0.15, 0.2) is 5.96 Å². The number of nitrogens with two attached hydrogens (primary N) is 1. The number of ether oxygens (including phenoxy) is 1. The SMILES string of the molecule is CC(NC(N)=NCC1(N2CCOCC2)CCSC1)c1ccc(Cl)cc1Cl. The molecule has 5 nitrogen and oxygen atoms in total. The van der Waals surface area contributed by atoms with Gasteiger partial charge < -0.3 is 15.8 Å². The topological polar surface area (TPSA) is 62.9 Å². The van der Waals surface area contributed by atoms with E-state index in [4.69, 9.17) is 33.7 Å². The number of nitrogens with one attached hydrogen (secondary N) is 1. The lowest BCUT2D eigenvalue weighted by Gasteiger charge is -2.42. The van der Waals surface area contributed by atoms with Gasteiger partial charge in [-0.2, -0.15) is 11.8 Å². The van der Waals surface area contributed by atoms with Crippen molar-refractivity contribution in [1.82, 2.24) is 10.2 Å². The molecule has 3 rings (SSSR count). The number of hydrogen-bond acceptors (Lipinski definition) is 4. The van der Waals surface area contributed by atoms with Gasteiger partial charge in [0.05, 0.1) is 31.3 Å². The van der Waals surface area contributed by atoms with Crippen LogP contribution in [0.25, 0.3) is 0 Å². The summed E-state index contributed by atoms with van der Waals surface area (Å²) >= 11 is 14.3. The number of thioether (sulfide) groups is 1. The zero-order valence-corrected chi connectivity index (χ0v) is 17.3. The molecular formula is C18H26Cl2N4OS. The minimum absolute atomic E-state index is 0.0409. The van der Waals surface area contributed by atoms with E-state index in [0.29, 0.717) is 22.5 Å². The molecule has 8 heteroatoms. The number of aliphatic imine (C=N–C) groups is 1. The largest absolute Gasteiger partial charge is 0.379 e. The summed E-state index contributed by atoms with van der Waals surface area (Å²) in [7, 11) is 0. The molecule has 0 spiro atoms. The van der Waals surface area contributed by atoms with Crippen LogP contribution in [0.5, 0.6) is 0 Å². The second-order valence-electron chi connectivity index (χ2n) is 6.86. The quantitative estimate of drug-likeness (QED) is 0.569. The Hall–Kier alpha value is -0.660. The maximum atomic E-state index is 6.29. The Balaban J connectivity index is 1.64. The van der Waals surface area contributed by atoms with Gasteiger partial charge in [0.1, 0.15) is 0 Å². The van der Waals surface area contributed by atoms with E-state index >= 15 is 0 Å². The van der Waals surface area contributed by atoms with Gasteiger partial charge >= 0.3 is 0 Å². The molecule has 2 aliphatic rings. The first-order valence-electron chi connectivity index (χ1n) is 8.92. The Morgan fingerprint density at radius 1 is 1.42 bits per heavy atom. The number of halogens is 2. The minimum atomic E-state index is -0.0409. The molecule has 2 saturated heterocycles. The average molecular weight is 417 g/mol. The van der Waals surface area contributed by atoms with Crippen molar-refractivity contribution in [2.45, 2.75) is 24.9 Å². The van der Waals surface area contributed by atoms with E-state index in [1.54, 1.807) is 6.07 Å². The Kier molecular flexibility index (Phi) is 6.97. The summed E-state index contributed by atoms with van der Waals surface area (Å²) in [5, 5.41) is 4.50. The van der Waals surface area contributed by atoms with Crippen molar-refractivity contribution in [2.24, 2.45) is 10.7 Å². The van der Waals surface area contributed by atoms with Crippen LogP contribution in [0.3, 0.4) is 0 Å².